The third-order valence-corrected chi connectivity index (χ3v) is 8.10. The van der Waals surface area contributed by atoms with Crippen LogP contribution in [-0.2, 0) is 14.9 Å². The maximum Gasteiger partial charge on any atom is 0.335 e. The van der Waals surface area contributed by atoms with Gasteiger partial charge in [0.1, 0.15) is 0 Å². The van der Waals surface area contributed by atoms with Crippen LogP contribution in [0.2, 0.25) is 0 Å². The van der Waals surface area contributed by atoms with Crippen LogP contribution in [0.25, 0.3) is 27.5 Å². The predicted molar refractivity (Wildman–Crippen MR) is 141 cm³/mol. The van der Waals surface area contributed by atoms with Gasteiger partial charge in [-0.05, 0) is 61.4 Å². The molecule has 0 aliphatic heterocycles. The molecule has 2 heterocycles. The van der Waals surface area contributed by atoms with Crippen molar-refractivity contribution in [3.63, 3.8) is 0 Å². The van der Waals surface area contributed by atoms with Crippen molar-refractivity contribution >= 4 is 27.8 Å². The number of rotatable bonds is 7. The Morgan fingerprint density at radius 2 is 2.03 bits per heavy atom. The number of halogens is 1. The van der Waals surface area contributed by atoms with Gasteiger partial charge in [-0.25, -0.2) is 9.18 Å². The van der Waals surface area contributed by atoms with E-state index in [1.807, 2.05) is 13.8 Å². The van der Waals surface area contributed by atoms with Crippen LogP contribution in [0.15, 0.2) is 36.5 Å². The summed E-state index contributed by atoms with van der Waals surface area (Å²) < 4.78 is 27.3. The molecule has 1 aliphatic rings. The molecule has 1 saturated carbocycles. The van der Waals surface area contributed by atoms with Crippen molar-refractivity contribution in [2.75, 3.05) is 14.2 Å². The number of benzene rings is 2. The van der Waals surface area contributed by atoms with Gasteiger partial charge in [-0.3, -0.25) is 5.10 Å². The summed E-state index contributed by atoms with van der Waals surface area (Å²) in [6.07, 6.45) is 4.01. The molecule has 2 aromatic heterocycles. The van der Waals surface area contributed by atoms with E-state index in [9.17, 15) is 19.6 Å². The molecule has 0 amide bonds. The number of hydrogen-bond donors (Lipinski definition) is 2. The van der Waals surface area contributed by atoms with Crippen molar-refractivity contribution < 1.29 is 23.8 Å². The molecular weight excluding hydrogens is 487 g/mol. The quantitative estimate of drug-likeness (QED) is 0.311. The Kier molecular flexibility index (Phi) is 6.40. The Balaban J connectivity index is 1.82. The summed E-state index contributed by atoms with van der Waals surface area (Å²) in [6, 6.07) is 11.2. The smallest absolute Gasteiger partial charge is 0.335 e. The Labute approximate surface area is 220 Å². The average Bonchev–Trinajstić information content (AvgIpc) is 3.50. The maximum atomic E-state index is 14.4. The summed E-state index contributed by atoms with van der Waals surface area (Å²) in [5.41, 5.74) is 2.77. The van der Waals surface area contributed by atoms with Gasteiger partial charge >= 0.3 is 5.97 Å². The molecule has 2 N–H and O–H groups in total. The summed E-state index contributed by atoms with van der Waals surface area (Å²) in [4.78, 5) is 12.0. The third kappa shape index (κ3) is 4.00. The fourth-order valence-corrected chi connectivity index (χ4v) is 6.04. The lowest BCUT2D eigenvalue weighted by Crippen LogP contribution is -2.43. The Bertz CT molecular complexity index is 1570. The number of nitrogens with one attached hydrogen (secondary N) is 1. The second-order valence-electron chi connectivity index (χ2n) is 10.7. The van der Waals surface area contributed by atoms with Crippen LogP contribution >= 0.6 is 0 Å². The molecule has 1 aliphatic carbocycles. The van der Waals surface area contributed by atoms with Crippen LogP contribution in [0, 0.1) is 17.1 Å². The minimum atomic E-state index is -1.20. The fraction of sp³-hybridized carbons (Fsp3) is 0.414. The van der Waals surface area contributed by atoms with Crippen molar-refractivity contribution in [3.05, 3.63) is 53.6 Å². The number of fused-ring (bicyclic) bond motifs is 2. The molecule has 4 aromatic rings. The molecule has 5 rings (SSSR count). The molecule has 8 nitrogen and oxygen atoms in total. The van der Waals surface area contributed by atoms with Gasteiger partial charge in [0.05, 0.1) is 30.4 Å². The van der Waals surface area contributed by atoms with Crippen molar-refractivity contribution in [1.82, 2.24) is 14.8 Å². The molecule has 0 spiro atoms. The maximum absolute atomic E-state index is 14.4. The molecule has 0 bridgehead atoms. The molecular formula is C29H31FN4O4. The van der Waals surface area contributed by atoms with Gasteiger partial charge in [0.2, 0.25) is 0 Å². The second-order valence-corrected chi connectivity index (χ2v) is 10.7. The van der Waals surface area contributed by atoms with Crippen LogP contribution in [0.5, 0.6) is 5.75 Å². The monoisotopic (exact) mass is 518 g/mol. The van der Waals surface area contributed by atoms with E-state index in [4.69, 9.17) is 9.47 Å². The zero-order valence-corrected chi connectivity index (χ0v) is 22.0. The number of nitrogens with zero attached hydrogens (tertiary/aromatic N) is 3. The standard InChI is InChI=1S/C29H31FN4O4/c1-28(2,11-12-31)26-25(17-7-9-29(38-4,10-8-17)27(35)36)20-15-22-18(16-32-33-22)13-23(20)34(26)19-5-6-21(30)24(14-19)37-3/h5-6,13-17H,7-11H2,1-4H3,(H,32,33)(H,35,36)/t17-,29+. The van der Waals surface area contributed by atoms with Gasteiger partial charge in [0.25, 0.3) is 0 Å². The Morgan fingerprint density at radius 3 is 2.66 bits per heavy atom. The highest BCUT2D eigenvalue weighted by atomic mass is 19.1. The highest BCUT2D eigenvalue weighted by molar-refractivity contribution is 5.99. The zero-order valence-electron chi connectivity index (χ0n) is 22.0. The molecule has 2 aromatic carbocycles. The van der Waals surface area contributed by atoms with Gasteiger partial charge in [-0.2, -0.15) is 10.4 Å². The van der Waals surface area contributed by atoms with Crippen molar-refractivity contribution in [3.8, 4) is 17.5 Å². The van der Waals surface area contributed by atoms with E-state index < -0.39 is 22.8 Å². The minimum absolute atomic E-state index is 0.0389. The van der Waals surface area contributed by atoms with Crippen molar-refractivity contribution in [2.45, 2.75) is 62.9 Å². The van der Waals surface area contributed by atoms with Crippen LogP contribution < -0.4 is 4.74 Å². The van der Waals surface area contributed by atoms with Gasteiger partial charge in [0, 0.05) is 47.2 Å². The number of nitriles is 1. The lowest BCUT2D eigenvalue weighted by molar-refractivity contribution is -0.166. The average molecular weight is 519 g/mol. The lowest BCUT2D eigenvalue weighted by Gasteiger charge is -2.37. The van der Waals surface area contributed by atoms with E-state index in [0.717, 1.165) is 38.8 Å². The molecule has 0 unspecified atom stereocenters. The number of H-pyrrole nitrogens is 1. The van der Waals surface area contributed by atoms with E-state index in [1.54, 1.807) is 18.3 Å². The largest absolute Gasteiger partial charge is 0.494 e. The van der Waals surface area contributed by atoms with Crippen LogP contribution in [0.1, 0.15) is 63.1 Å². The first-order chi connectivity index (χ1) is 18.2. The highest BCUT2D eigenvalue weighted by Crippen LogP contribution is 2.49. The van der Waals surface area contributed by atoms with E-state index in [-0.39, 0.29) is 18.1 Å². The van der Waals surface area contributed by atoms with Gasteiger partial charge in [-0.15, -0.1) is 0 Å². The summed E-state index contributed by atoms with van der Waals surface area (Å²) in [5, 5.41) is 28.8. The normalized spacial score (nSPS) is 20.1. The third-order valence-electron chi connectivity index (χ3n) is 8.10. The number of carboxylic acid groups (broad SMARTS) is 1. The summed E-state index contributed by atoms with van der Waals surface area (Å²) >= 11 is 0. The number of carboxylic acids is 1. The fourth-order valence-electron chi connectivity index (χ4n) is 6.04. The first kappa shape index (κ1) is 25.7. The number of aromatic nitrogens is 3. The molecule has 9 heteroatoms. The molecule has 0 atom stereocenters. The number of aromatic amines is 1. The van der Waals surface area contributed by atoms with Crippen molar-refractivity contribution in [2.24, 2.45) is 0 Å². The highest BCUT2D eigenvalue weighted by Gasteiger charge is 2.44. The Hall–Kier alpha value is -3.90. The first-order valence-electron chi connectivity index (χ1n) is 12.7. The van der Waals surface area contributed by atoms with Gasteiger partial charge < -0.3 is 19.1 Å². The number of hydrogen-bond acceptors (Lipinski definition) is 5. The first-order valence-corrected chi connectivity index (χ1v) is 12.7. The molecule has 38 heavy (non-hydrogen) atoms. The van der Waals surface area contributed by atoms with Crippen LogP contribution in [0.3, 0.4) is 0 Å². The van der Waals surface area contributed by atoms with Crippen LogP contribution in [-0.4, -0.2) is 45.7 Å². The summed E-state index contributed by atoms with van der Waals surface area (Å²) in [5.74, 6) is -1.23. The zero-order chi connectivity index (χ0) is 27.2. The Morgan fingerprint density at radius 1 is 1.29 bits per heavy atom. The van der Waals surface area contributed by atoms with E-state index in [0.29, 0.717) is 25.7 Å². The number of methoxy groups -OCH3 is 2. The summed E-state index contributed by atoms with van der Waals surface area (Å²) in [6.45, 7) is 4.08. The number of aliphatic carboxylic acids is 1. The number of carbonyl (C=O) groups is 1. The second kappa shape index (κ2) is 9.44. The van der Waals surface area contributed by atoms with Crippen LogP contribution in [0.4, 0.5) is 4.39 Å². The SMILES string of the molecule is COc1cc(-n2c(C(C)(C)CC#N)c([C@H]3CC[C@](OC)(C(=O)O)CC3)c3cc4[nH]ncc4cc32)ccc1F. The molecule has 0 saturated heterocycles. The molecule has 198 valence electrons. The van der Waals surface area contributed by atoms with Gasteiger partial charge in [0.15, 0.2) is 17.2 Å². The van der Waals surface area contributed by atoms with E-state index in [1.165, 1.54) is 20.3 Å². The van der Waals surface area contributed by atoms with Gasteiger partial charge in [-0.1, -0.05) is 13.8 Å². The van der Waals surface area contributed by atoms with Crippen molar-refractivity contribution in [1.29, 1.82) is 5.26 Å². The topological polar surface area (TPSA) is 113 Å². The van der Waals surface area contributed by atoms with E-state index in [2.05, 4.69) is 33.0 Å². The number of ether oxygens (including phenoxy) is 2. The minimum Gasteiger partial charge on any atom is -0.494 e. The summed E-state index contributed by atoms with van der Waals surface area (Å²) in [7, 11) is 2.89. The predicted octanol–water partition coefficient (Wildman–Crippen LogP) is 5.97. The molecule has 1 fully saturated rings. The van der Waals surface area contributed by atoms with E-state index >= 15 is 0 Å². The lowest BCUT2D eigenvalue weighted by atomic mass is 9.72. The molecule has 0 radical (unpaired) electrons.